The maximum atomic E-state index is 12.6. The van der Waals surface area contributed by atoms with Gasteiger partial charge in [0.1, 0.15) is 0 Å². The van der Waals surface area contributed by atoms with Gasteiger partial charge in [-0.3, -0.25) is 0 Å². The average molecular weight is 332 g/mol. The summed E-state index contributed by atoms with van der Waals surface area (Å²) in [6.07, 6.45) is 4.18. The Balaban J connectivity index is 1.67. The molecule has 0 bridgehead atoms. The highest BCUT2D eigenvalue weighted by molar-refractivity contribution is 7.88. The molecule has 6 nitrogen and oxygen atoms in total. The minimum Gasteiger partial charge on any atom is -0.339 e. The molecule has 122 valence electrons. The molecule has 0 aliphatic carbocycles. The molecular formula is C16H20N4O2S. The van der Waals surface area contributed by atoms with Crippen LogP contribution in [0.25, 0.3) is 0 Å². The van der Waals surface area contributed by atoms with Crippen LogP contribution in [0.5, 0.6) is 0 Å². The quantitative estimate of drug-likeness (QED) is 0.849. The zero-order valence-electron chi connectivity index (χ0n) is 12.9. The number of hydrogen-bond acceptors (Lipinski definition) is 5. The standard InChI is InChI=1S/C16H20N4O2S/c21-23(22,14-15-6-2-1-3-7-15)20-11-5-10-19(12-13-20)16-17-8-4-9-18-16/h1-4,6-9H,5,10-14H2. The Morgan fingerprint density at radius 3 is 2.39 bits per heavy atom. The molecule has 0 N–H and O–H groups in total. The summed E-state index contributed by atoms with van der Waals surface area (Å²) >= 11 is 0. The Hall–Kier alpha value is -1.99. The monoisotopic (exact) mass is 332 g/mol. The molecule has 3 rings (SSSR count). The van der Waals surface area contributed by atoms with Gasteiger partial charge in [0.25, 0.3) is 0 Å². The normalized spacial score (nSPS) is 17.0. The summed E-state index contributed by atoms with van der Waals surface area (Å²) in [5, 5.41) is 0. The number of rotatable bonds is 4. The molecule has 7 heteroatoms. The third kappa shape index (κ3) is 4.05. The van der Waals surface area contributed by atoms with Crippen molar-refractivity contribution >= 4 is 16.0 Å². The minimum atomic E-state index is -3.30. The average Bonchev–Trinajstić information content (AvgIpc) is 2.83. The third-order valence-corrected chi connectivity index (χ3v) is 5.73. The Labute approximate surface area is 136 Å². The van der Waals surface area contributed by atoms with Gasteiger partial charge in [-0.25, -0.2) is 18.4 Å². The zero-order valence-corrected chi connectivity index (χ0v) is 13.7. The summed E-state index contributed by atoms with van der Waals surface area (Å²) in [6.45, 7) is 2.38. The number of anilines is 1. The van der Waals surface area contributed by atoms with E-state index < -0.39 is 10.0 Å². The molecular weight excluding hydrogens is 312 g/mol. The van der Waals surface area contributed by atoms with Crippen molar-refractivity contribution in [2.75, 3.05) is 31.1 Å². The summed E-state index contributed by atoms with van der Waals surface area (Å²) in [4.78, 5) is 10.5. The highest BCUT2D eigenvalue weighted by atomic mass is 32.2. The van der Waals surface area contributed by atoms with Gasteiger partial charge in [0.2, 0.25) is 16.0 Å². The summed E-state index contributed by atoms with van der Waals surface area (Å²) < 4.78 is 26.8. The fourth-order valence-corrected chi connectivity index (χ4v) is 4.27. The van der Waals surface area contributed by atoms with Gasteiger partial charge in [-0.05, 0) is 18.1 Å². The summed E-state index contributed by atoms with van der Waals surface area (Å²) in [7, 11) is -3.30. The molecule has 1 aromatic heterocycles. The van der Waals surface area contributed by atoms with Crippen LogP contribution < -0.4 is 4.90 Å². The van der Waals surface area contributed by atoms with Gasteiger partial charge in [0, 0.05) is 38.6 Å². The second-order valence-corrected chi connectivity index (χ2v) is 7.50. The molecule has 1 aliphatic heterocycles. The van der Waals surface area contributed by atoms with Crippen LogP contribution >= 0.6 is 0 Å². The lowest BCUT2D eigenvalue weighted by Gasteiger charge is -2.21. The van der Waals surface area contributed by atoms with Gasteiger partial charge >= 0.3 is 0 Å². The van der Waals surface area contributed by atoms with Crippen molar-refractivity contribution in [2.24, 2.45) is 0 Å². The van der Waals surface area contributed by atoms with Crippen molar-refractivity contribution in [2.45, 2.75) is 12.2 Å². The first kappa shape index (κ1) is 15.9. The molecule has 23 heavy (non-hydrogen) atoms. The van der Waals surface area contributed by atoms with Crippen LogP contribution in [0.2, 0.25) is 0 Å². The van der Waals surface area contributed by atoms with E-state index in [1.807, 2.05) is 35.2 Å². The number of hydrogen-bond donors (Lipinski definition) is 0. The molecule has 1 fully saturated rings. The molecule has 0 amide bonds. The first-order valence-electron chi connectivity index (χ1n) is 7.69. The Morgan fingerprint density at radius 2 is 1.65 bits per heavy atom. The van der Waals surface area contributed by atoms with E-state index in [2.05, 4.69) is 9.97 Å². The van der Waals surface area contributed by atoms with Gasteiger partial charge in [-0.15, -0.1) is 0 Å². The second-order valence-electron chi connectivity index (χ2n) is 5.53. The molecule has 0 radical (unpaired) electrons. The molecule has 1 aromatic carbocycles. The van der Waals surface area contributed by atoms with Crippen LogP contribution in [-0.2, 0) is 15.8 Å². The predicted molar refractivity (Wildman–Crippen MR) is 89.5 cm³/mol. The van der Waals surface area contributed by atoms with Gasteiger partial charge in [-0.2, -0.15) is 4.31 Å². The number of nitrogens with zero attached hydrogens (tertiary/aromatic N) is 4. The van der Waals surface area contributed by atoms with E-state index in [0.717, 1.165) is 18.5 Å². The van der Waals surface area contributed by atoms with E-state index in [1.54, 1.807) is 22.8 Å². The molecule has 1 aliphatic rings. The maximum Gasteiger partial charge on any atom is 0.225 e. The Kier molecular flexibility index (Phi) is 4.88. The minimum absolute atomic E-state index is 0.0513. The van der Waals surface area contributed by atoms with E-state index >= 15 is 0 Å². The number of sulfonamides is 1. The van der Waals surface area contributed by atoms with E-state index in [0.29, 0.717) is 25.6 Å². The van der Waals surface area contributed by atoms with Crippen LogP contribution in [-0.4, -0.2) is 48.9 Å². The van der Waals surface area contributed by atoms with Gasteiger partial charge < -0.3 is 4.90 Å². The van der Waals surface area contributed by atoms with Crippen molar-refractivity contribution in [3.05, 3.63) is 54.4 Å². The molecule has 2 aromatic rings. The van der Waals surface area contributed by atoms with E-state index in [4.69, 9.17) is 0 Å². The smallest absolute Gasteiger partial charge is 0.225 e. The lowest BCUT2D eigenvalue weighted by molar-refractivity contribution is 0.432. The predicted octanol–water partition coefficient (Wildman–Crippen LogP) is 1.52. The fourth-order valence-electron chi connectivity index (χ4n) is 2.70. The summed E-state index contributed by atoms with van der Waals surface area (Å²) in [5.74, 6) is 0.713. The lowest BCUT2D eigenvalue weighted by Crippen LogP contribution is -2.36. The highest BCUT2D eigenvalue weighted by Crippen LogP contribution is 2.16. The third-order valence-electron chi connectivity index (χ3n) is 3.88. The van der Waals surface area contributed by atoms with Crippen molar-refractivity contribution in [1.29, 1.82) is 0 Å². The second kappa shape index (κ2) is 7.06. The summed E-state index contributed by atoms with van der Waals surface area (Å²) in [6, 6.07) is 11.1. The molecule has 0 saturated carbocycles. The van der Waals surface area contributed by atoms with E-state index in [9.17, 15) is 8.42 Å². The lowest BCUT2D eigenvalue weighted by atomic mass is 10.2. The topological polar surface area (TPSA) is 66.4 Å². The number of benzene rings is 1. The van der Waals surface area contributed by atoms with Crippen LogP contribution in [0.15, 0.2) is 48.8 Å². The van der Waals surface area contributed by atoms with Crippen LogP contribution in [0.3, 0.4) is 0 Å². The molecule has 0 unspecified atom stereocenters. The van der Waals surface area contributed by atoms with E-state index in [-0.39, 0.29) is 5.75 Å². The zero-order chi connectivity index (χ0) is 16.1. The maximum absolute atomic E-state index is 12.6. The number of aromatic nitrogens is 2. The van der Waals surface area contributed by atoms with Crippen LogP contribution in [0, 0.1) is 0 Å². The molecule has 0 atom stereocenters. The van der Waals surface area contributed by atoms with Gasteiger partial charge in [0.15, 0.2) is 0 Å². The van der Waals surface area contributed by atoms with Crippen molar-refractivity contribution < 1.29 is 8.42 Å². The van der Waals surface area contributed by atoms with Crippen LogP contribution in [0.1, 0.15) is 12.0 Å². The van der Waals surface area contributed by atoms with Crippen molar-refractivity contribution in [3.8, 4) is 0 Å². The Morgan fingerprint density at radius 1 is 0.913 bits per heavy atom. The summed E-state index contributed by atoms with van der Waals surface area (Å²) in [5.41, 5.74) is 0.819. The SMILES string of the molecule is O=S(=O)(Cc1ccccc1)N1CCCN(c2ncccn2)CC1. The fraction of sp³-hybridized carbons (Fsp3) is 0.375. The molecule has 0 spiro atoms. The van der Waals surface area contributed by atoms with Gasteiger partial charge in [0.05, 0.1) is 5.75 Å². The van der Waals surface area contributed by atoms with Gasteiger partial charge in [-0.1, -0.05) is 30.3 Å². The van der Waals surface area contributed by atoms with E-state index in [1.165, 1.54) is 0 Å². The van der Waals surface area contributed by atoms with Crippen molar-refractivity contribution in [1.82, 2.24) is 14.3 Å². The molecule has 2 heterocycles. The van der Waals surface area contributed by atoms with Crippen LogP contribution in [0.4, 0.5) is 5.95 Å². The van der Waals surface area contributed by atoms with Crippen molar-refractivity contribution in [3.63, 3.8) is 0 Å². The Bertz CT molecular complexity index is 722. The molecule has 1 saturated heterocycles. The first-order valence-corrected chi connectivity index (χ1v) is 9.30. The highest BCUT2D eigenvalue weighted by Gasteiger charge is 2.26. The first-order chi connectivity index (χ1) is 11.1. The largest absolute Gasteiger partial charge is 0.339 e.